The molecule has 2 saturated carbocycles. The molecule has 0 spiro atoms. The highest BCUT2D eigenvalue weighted by molar-refractivity contribution is 7.83. The third-order valence-corrected chi connectivity index (χ3v) is 4.61. The molecule has 16 heavy (non-hydrogen) atoms. The summed E-state index contributed by atoms with van der Waals surface area (Å²) >= 11 is 8.59. The third-order valence-electron chi connectivity index (χ3n) is 4.00. The molecule has 0 aromatic carbocycles. The van der Waals surface area contributed by atoms with Gasteiger partial charge in [0.2, 0.25) is 0 Å². The maximum Gasteiger partial charge on any atom is 0.0798 e. The van der Waals surface area contributed by atoms with E-state index < -0.39 is 0 Å². The molecule has 2 fully saturated rings. The van der Waals surface area contributed by atoms with E-state index in [4.69, 9.17) is 4.74 Å². The van der Waals surface area contributed by atoms with Crippen LogP contribution < -0.4 is 0 Å². The molecule has 0 aromatic rings. The molecule has 3 unspecified atom stereocenters. The normalized spacial score (nSPS) is 36.6. The molecule has 0 heterocycles. The summed E-state index contributed by atoms with van der Waals surface area (Å²) in [5, 5.41) is 2.02. The summed E-state index contributed by atoms with van der Waals surface area (Å²) in [7, 11) is 0. The maximum atomic E-state index is 5.97. The van der Waals surface area contributed by atoms with Crippen LogP contribution in [0.25, 0.3) is 0 Å². The van der Waals surface area contributed by atoms with Crippen LogP contribution in [-0.4, -0.2) is 18.5 Å². The van der Waals surface area contributed by atoms with Crippen molar-refractivity contribution < 1.29 is 4.74 Å². The minimum absolute atomic E-state index is 0.352. The van der Waals surface area contributed by atoms with Crippen molar-refractivity contribution in [2.24, 2.45) is 11.8 Å². The molecule has 3 heteroatoms. The van der Waals surface area contributed by atoms with Crippen LogP contribution in [0.15, 0.2) is 11.0 Å². The van der Waals surface area contributed by atoms with E-state index in [2.05, 4.69) is 25.3 Å². The number of fused-ring (bicyclic) bond motifs is 1. The van der Waals surface area contributed by atoms with Crippen LogP contribution in [0.2, 0.25) is 0 Å². The van der Waals surface area contributed by atoms with Gasteiger partial charge in [-0.25, -0.2) is 0 Å². The van der Waals surface area contributed by atoms with Gasteiger partial charge in [0.1, 0.15) is 0 Å². The average molecular weight is 258 g/mol. The molecule has 0 aromatic heterocycles. The van der Waals surface area contributed by atoms with Gasteiger partial charge in [0.15, 0.2) is 0 Å². The van der Waals surface area contributed by atoms with Gasteiger partial charge in [-0.15, -0.1) is 0 Å². The Hall–Kier alpha value is 0.400. The summed E-state index contributed by atoms with van der Waals surface area (Å²) < 4.78 is 5.97. The fraction of sp³-hybridized carbons (Fsp3) is 0.846. The Balaban J connectivity index is 1.93. The maximum absolute atomic E-state index is 5.97. The molecule has 3 atom stereocenters. The zero-order valence-corrected chi connectivity index (χ0v) is 11.6. The fourth-order valence-corrected chi connectivity index (χ4v) is 3.70. The average Bonchev–Trinajstić information content (AvgIpc) is 2.67. The second-order valence-corrected chi connectivity index (χ2v) is 5.66. The molecule has 0 bridgehead atoms. The molecule has 0 aliphatic heterocycles. The van der Waals surface area contributed by atoms with E-state index in [9.17, 15) is 0 Å². The lowest BCUT2D eigenvalue weighted by Crippen LogP contribution is -2.15. The van der Waals surface area contributed by atoms with Gasteiger partial charge in [-0.3, -0.25) is 0 Å². The van der Waals surface area contributed by atoms with E-state index in [1.807, 2.05) is 5.41 Å². The zero-order valence-electron chi connectivity index (χ0n) is 9.77. The highest BCUT2D eigenvalue weighted by Gasteiger charge is 2.39. The Bertz CT molecular complexity index is 252. The Labute approximate surface area is 110 Å². The summed E-state index contributed by atoms with van der Waals surface area (Å²) in [6.45, 7) is 0.846. The predicted octanol–water partition coefficient (Wildman–Crippen LogP) is 3.72. The van der Waals surface area contributed by atoms with Crippen molar-refractivity contribution in [2.45, 2.75) is 44.6 Å². The monoisotopic (exact) mass is 258 g/mol. The standard InChI is InChI=1S/C13H22OS2/c15-7-3-6-14-13-8-10-4-1-2-5-11(10)12(13)9-16/h9-11,13,15-16H,1-8H2. The number of thiol groups is 2. The van der Waals surface area contributed by atoms with Crippen molar-refractivity contribution in [3.8, 4) is 0 Å². The second kappa shape index (κ2) is 6.36. The number of hydrogen-bond donors (Lipinski definition) is 2. The summed E-state index contributed by atoms with van der Waals surface area (Å²) in [5.41, 5.74) is 1.46. The zero-order chi connectivity index (χ0) is 11.4. The minimum Gasteiger partial charge on any atom is -0.374 e. The van der Waals surface area contributed by atoms with Gasteiger partial charge in [-0.1, -0.05) is 12.8 Å². The third kappa shape index (κ3) is 2.80. The first-order valence-corrected chi connectivity index (χ1v) is 7.58. The van der Waals surface area contributed by atoms with Crippen LogP contribution >= 0.6 is 25.3 Å². The van der Waals surface area contributed by atoms with Gasteiger partial charge in [0, 0.05) is 6.61 Å². The Morgan fingerprint density at radius 1 is 1.31 bits per heavy atom. The first kappa shape index (κ1) is 12.8. The van der Waals surface area contributed by atoms with E-state index in [1.165, 1.54) is 37.7 Å². The molecule has 0 saturated heterocycles. The second-order valence-electron chi connectivity index (χ2n) is 4.95. The molecule has 2 aliphatic rings. The summed E-state index contributed by atoms with van der Waals surface area (Å²) in [6, 6.07) is 0. The van der Waals surface area contributed by atoms with Crippen LogP contribution in [0, 0.1) is 11.8 Å². The number of ether oxygens (including phenoxy) is 1. The highest BCUT2D eigenvalue weighted by Crippen LogP contribution is 2.46. The van der Waals surface area contributed by atoms with E-state index in [-0.39, 0.29) is 0 Å². The van der Waals surface area contributed by atoms with Crippen LogP contribution in [0.3, 0.4) is 0 Å². The number of rotatable bonds is 4. The van der Waals surface area contributed by atoms with Crippen molar-refractivity contribution in [3.05, 3.63) is 11.0 Å². The summed E-state index contributed by atoms with van der Waals surface area (Å²) in [6.07, 6.45) is 8.16. The molecule has 0 N–H and O–H groups in total. The van der Waals surface area contributed by atoms with Crippen LogP contribution in [-0.2, 0) is 4.74 Å². The van der Waals surface area contributed by atoms with Gasteiger partial charge in [-0.2, -0.15) is 25.3 Å². The first-order valence-electron chi connectivity index (χ1n) is 6.43. The smallest absolute Gasteiger partial charge is 0.0798 e. The van der Waals surface area contributed by atoms with E-state index in [0.29, 0.717) is 6.10 Å². The van der Waals surface area contributed by atoms with Crippen molar-refractivity contribution >= 4 is 25.3 Å². The highest BCUT2D eigenvalue weighted by atomic mass is 32.1. The fourth-order valence-electron chi connectivity index (χ4n) is 3.21. The van der Waals surface area contributed by atoms with Crippen molar-refractivity contribution in [1.82, 2.24) is 0 Å². The first-order chi connectivity index (χ1) is 7.86. The lowest BCUT2D eigenvalue weighted by atomic mass is 9.80. The minimum atomic E-state index is 0.352. The van der Waals surface area contributed by atoms with Crippen LogP contribution in [0.4, 0.5) is 0 Å². The molecule has 92 valence electrons. The van der Waals surface area contributed by atoms with Gasteiger partial charge in [-0.05, 0) is 54.3 Å². The molecule has 0 amide bonds. The van der Waals surface area contributed by atoms with Gasteiger partial charge < -0.3 is 4.74 Å². The lowest BCUT2D eigenvalue weighted by Gasteiger charge is -2.25. The van der Waals surface area contributed by atoms with Gasteiger partial charge in [0.25, 0.3) is 0 Å². The topological polar surface area (TPSA) is 9.23 Å². The molecule has 0 radical (unpaired) electrons. The quantitative estimate of drug-likeness (QED) is 0.577. The number of hydrogen-bond acceptors (Lipinski definition) is 3. The molecular formula is C13H22OS2. The molecule has 1 nitrogen and oxygen atoms in total. The van der Waals surface area contributed by atoms with Crippen molar-refractivity contribution in [2.75, 3.05) is 12.4 Å². The van der Waals surface area contributed by atoms with Gasteiger partial charge >= 0.3 is 0 Å². The Kier molecular flexibility index (Phi) is 5.11. The Morgan fingerprint density at radius 2 is 2.12 bits per heavy atom. The Morgan fingerprint density at radius 3 is 2.88 bits per heavy atom. The van der Waals surface area contributed by atoms with Crippen LogP contribution in [0.1, 0.15) is 38.5 Å². The molecule has 2 rings (SSSR count). The summed E-state index contributed by atoms with van der Waals surface area (Å²) in [4.78, 5) is 0. The molecular weight excluding hydrogens is 236 g/mol. The van der Waals surface area contributed by atoms with E-state index in [0.717, 1.165) is 30.6 Å². The largest absolute Gasteiger partial charge is 0.374 e. The van der Waals surface area contributed by atoms with Crippen molar-refractivity contribution in [1.29, 1.82) is 0 Å². The van der Waals surface area contributed by atoms with Crippen LogP contribution in [0.5, 0.6) is 0 Å². The lowest BCUT2D eigenvalue weighted by molar-refractivity contribution is 0.0778. The SMILES string of the molecule is SC=C1C(OCCCS)CC2CCCCC12. The van der Waals surface area contributed by atoms with E-state index >= 15 is 0 Å². The van der Waals surface area contributed by atoms with Gasteiger partial charge in [0.05, 0.1) is 6.10 Å². The predicted molar refractivity (Wildman–Crippen MR) is 75.3 cm³/mol. The summed E-state index contributed by atoms with van der Waals surface area (Å²) in [5.74, 6) is 2.56. The van der Waals surface area contributed by atoms with Crippen molar-refractivity contribution in [3.63, 3.8) is 0 Å². The molecule has 2 aliphatic carbocycles. The van der Waals surface area contributed by atoms with E-state index in [1.54, 1.807) is 0 Å².